The molecule has 0 aliphatic carbocycles. The number of nitrogens with one attached hydrogen (secondary N) is 1. The van der Waals surface area contributed by atoms with Gasteiger partial charge in [0.15, 0.2) is 0 Å². The van der Waals surface area contributed by atoms with Crippen LogP contribution in [-0.4, -0.2) is 7.05 Å². The molecule has 1 aromatic carbocycles. The van der Waals surface area contributed by atoms with Crippen LogP contribution in [0.15, 0.2) is 33.2 Å². The van der Waals surface area contributed by atoms with Crippen molar-refractivity contribution in [3.8, 4) is 0 Å². The molecule has 2 rings (SSSR count). The standard InChI is InChI=1S/C13H12Br2ClNS/c1-7-5-10(15)13(18-7)12(17-2)8-3-4-11(16)9(14)6-8/h3-6,12,17H,1-2H3. The molecule has 1 nitrogen and oxygen atoms in total. The normalized spacial score (nSPS) is 12.7. The Morgan fingerprint density at radius 1 is 1.22 bits per heavy atom. The SMILES string of the molecule is CNC(c1ccc(Cl)c(Br)c1)c1sc(C)cc1Br. The van der Waals surface area contributed by atoms with Gasteiger partial charge in [0.05, 0.1) is 11.1 Å². The van der Waals surface area contributed by atoms with Crippen LogP contribution in [0.3, 0.4) is 0 Å². The second-order valence-corrected chi connectivity index (χ2v) is 7.37. The van der Waals surface area contributed by atoms with Gasteiger partial charge in [-0.05, 0) is 69.6 Å². The molecule has 96 valence electrons. The molecule has 1 aromatic heterocycles. The van der Waals surface area contributed by atoms with Gasteiger partial charge in [0, 0.05) is 18.7 Å². The molecule has 0 spiro atoms. The highest BCUT2D eigenvalue weighted by Crippen LogP contribution is 2.36. The molecular weight excluding hydrogens is 397 g/mol. The highest BCUT2D eigenvalue weighted by Gasteiger charge is 2.18. The molecule has 0 amide bonds. The van der Waals surface area contributed by atoms with Crippen LogP contribution in [0.5, 0.6) is 0 Å². The first-order chi connectivity index (χ1) is 8.52. The molecule has 0 bridgehead atoms. The molecule has 1 heterocycles. The first-order valence-electron chi connectivity index (χ1n) is 5.41. The van der Waals surface area contributed by atoms with Crippen LogP contribution in [0.4, 0.5) is 0 Å². The van der Waals surface area contributed by atoms with Crippen LogP contribution in [0, 0.1) is 6.92 Å². The molecule has 5 heteroatoms. The molecule has 0 saturated heterocycles. The molecule has 1 N–H and O–H groups in total. The van der Waals surface area contributed by atoms with Gasteiger partial charge in [-0.25, -0.2) is 0 Å². The van der Waals surface area contributed by atoms with Gasteiger partial charge in [0.25, 0.3) is 0 Å². The summed E-state index contributed by atoms with van der Waals surface area (Å²) in [4.78, 5) is 2.58. The van der Waals surface area contributed by atoms with E-state index in [0.717, 1.165) is 14.0 Å². The molecule has 0 radical (unpaired) electrons. The Morgan fingerprint density at radius 2 is 1.94 bits per heavy atom. The average Bonchev–Trinajstić information content (AvgIpc) is 2.64. The van der Waals surface area contributed by atoms with Gasteiger partial charge in [-0.3, -0.25) is 0 Å². The third-order valence-electron chi connectivity index (χ3n) is 2.66. The Kier molecular flexibility index (Phi) is 4.89. The lowest BCUT2D eigenvalue weighted by atomic mass is 10.1. The number of aryl methyl sites for hydroxylation is 1. The maximum absolute atomic E-state index is 6.04. The molecule has 1 unspecified atom stereocenters. The first kappa shape index (κ1) is 14.5. The quantitative estimate of drug-likeness (QED) is 0.701. The van der Waals surface area contributed by atoms with E-state index < -0.39 is 0 Å². The minimum absolute atomic E-state index is 0.173. The van der Waals surface area contributed by atoms with Crippen molar-refractivity contribution in [1.29, 1.82) is 0 Å². The van der Waals surface area contributed by atoms with Crippen molar-refractivity contribution >= 4 is 54.8 Å². The first-order valence-corrected chi connectivity index (χ1v) is 8.19. The summed E-state index contributed by atoms with van der Waals surface area (Å²) in [6.45, 7) is 2.11. The predicted molar refractivity (Wildman–Crippen MR) is 86.8 cm³/mol. The zero-order valence-electron chi connectivity index (χ0n) is 9.93. The number of hydrogen-bond acceptors (Lipinski definition) is 2. The Hall–Kier alpha value is 0.130. The minimum atomic E-state index is 0.173. The number of benzene rings is 1. The lowest BCUT2D eigenvalue weighted by molar-refractivity contribution is 0.701. The van der Waals surface area contributed by atoms with Crippen LogP contribution >= 0.6 is 54.8 Å². The van der Waals surface area contributed by atoms with Crippen LogP contribution in [0.2, 0.25) is 5.02 Å². The number of rotatable bonds is 3. The lowest BCUT2D eigenvalue weighted by Gasteiger charge is -2.16. The van der Waals surface area contributed by atoms with E-state index in [1.807, 2.05) is 13.1 Å². The predicted octanol–water partition coefficient (Wildman–Crippen LogP) is 5.54. The van der Waals surface area contributed by atoms with Gasteiger partial charge in [-0.2, -0.15) is 0 Å². The summed E-state index contributed by atoms with van der Waals surface area (Å²) in [6.07, 6.45) is 0. The number of thiophene rings is 1. The monoisotopic (exact) mass is 407 g/mol. The fourth-order valence-corrected chi connectivity index (χ4v) is 4.37. The van der Waals surface area contributed by atoms with Crippen molar-refractivity contribution in [2.24, 2.45) is 0 Å². The summed E-state index contributed by atoms with van der Waals surface area (Å²) in [5.74, 6) is 0. The van der Waals surface area contributed by atoms with E-state index in [-0.39, 0.29) is 6.04 Å². The smallest absolute Gasteiger partial charge is 0.0680 e. The summed E-state index contributed by atoms with van der Waals surface area (Å²) in [6, 6.07) is 8.35. The largest absolute Gasteiger partial charge is 0.309 e. The zero-order valence-corrected chi connectivity index (χ0v) is 14.7. The summed E-state index contributed by atoms with van der Waals surface area (Å²) in [7, 11) is 1.97. The van der Waals surface area contributed by atoms with Crippen molar-refractivity contribution in [2.45, 2.75) is 13.0 Å². The maximum atomic E-state index is 6.04. The average molecular weight is 410 g/mol. The van der Waals surface area contributed by atoms with E-state index in [9.17, 15) is 0 Å². The van der Waals surface area contributed by atoms with E-state index >= 15 is 0 Å². The minimum Gasteiger partial charge on any atom is -0.309 e. The van der Waals surface area contributed by atoms with Gasteiger partial charge in [-0.15, -0.1) is 11.3 Å². The molecule has 18 heavy (non-hydrogen) atoms. The fraction of sp³-hybridized carbons (Fsp3) is 0.231. The maximum Gasteiger partial charge on any atom is 0.0680 e. The Labute approximate surface area is 133 Å². The van der Waals surface area contributed by atoms with Crippen LogP contribution in [-0.2, 0) is 0 Å². The molecule has 1 atom stereocenters. The number of hydrogen-bond donors (Lipinski definition) is 1. The molecule has 0 aliphatic rings. The molecule has 0 saturated carbocycles. The van der Waals surface area contributed by atoms with E-state index in [1.54, 1.807) is 11.3 Å². The van der Waals surface area contributed by atoms with E-state index in [4.69, 9.17) is 11.6 Å². The topological polar surface area (TPSA) is 12.0 Å². The molecule has 0 fully saturated rings. The van der Waals surface area contributed by atoms with E-state index in [0.29, 0.717) is 0 Å². The van der Waals surface area contributed by atoms with Crippen molar-refractivity contribution in [3.63, 3.8) is 0 Å². The summed E-state index contributed by atoms with van der Waals surface area (Å²) in [5.41, 5.74) is 1.19. The Bertz CT molecular complexity index is 568. The number of halogens is 3. The second kappa shape index (κ2) is 6.06. The molecule has 2 aromatic rings. The third kappa shape index (κ3) is 2.99. The van der Waals surface area contributed by atoms with Crippen molar-refractivity contribution in [1.82, 2.24) is 5.32 Å². The third-order valence-corrected chi connectivity index (χ3v) is 5.91. The zero-order chi connectivity index (χ0) is 13.3. The Balaban J connectivity index is 2.45. The highest BCUT2D eigenvalue weighted by atomic mass is 79.9. The van der Waals surface area contributed by atoms with Crippen LogP contribution in [0.25, 0.3) is 0 Å². The van der Waals surface area contributed by atoms with Gasteiger partial charge >= 0.3 is 0 Å². The lowest BCUT2D eigenvalue weighted by Crippen LogP contribution is -2.16. The Morgan fingerprint density at radius 3 is 2.44 bits per heavy atom. The van der Waals surface area contributed by atoms with Crippen LogP contribution in [0.1, 0.15) is 21.4 Å². The van der Waals surface area contributed by atoms with E-state index in [2.05, 4.69) is 62.3 Å². The second-order valence-electron chi connectivity index (χ2n) is 3.96. The summed E-state index contributed by atoms with van der Waals surface area (Å²) in [5, 5.41) is 4.08. The van der Waals surface area contributed by atoms with Crippen molar-refractivity contribution in [2.75, 3.05) is 7.05 Å². The summed E-state index contributed by atoms with van der Waals surface area (Å²) < 4.78 is 2.07. The van der Waals surface area contributed by atoms with Gasteiger partial charge < -0.3 is 5.32 Å². The van der Waals surface area contributed by atoms with Crippen molar-refractivity contribution in [3.05, 3.63) is 53.6 Å². The highest BCUT2D eigenvalue weighted by molar-refractivity contribution is 9.10. The van der Waals surface area contributed by atoms with Crippen molar-refractivity contribution < 1.29 is 0 Å². The van der Waals surface area contributed by atoms with Crippen LogP contribution < -0.4 is 5.32 Å². The summed E-state index contributed by atoms with van der Waals surface area (Å²) >= 11 is 14.9. The fourth-order valence-electron chi connectivity index (χ4n) is 1.84. The van der Waals surface area contributed by atoms with Gasteiger partial charge in [0.2, 0.25) is 0 Å². The molecular formula is C13H12Br2ClNS. The van der Waals surface area contributed by atoms with Gasteiger partial charge in [0.1, 0.15) is 0 Å². The van der Waals surface area contributed by atoms with E-state index in [1.165, 1.54) is 15.3 Å². The van der Waals surface area contributed by atoms with Gasteiger partial charge in [-0.1, -0.05) is 17.7 Å². The molecule has 0 aliphatic heterocycles.